The molecule has 0 aromatic rings. The van der Waals surface area contributed by atoms with Crippen molar-refractivity contribution in [2.75, 3.05) is 6.54 Å². The number of hydrogen-bond acceptors (Lipinski definition) is 2. The van der Waals surface area contributed by atoms with Crippen LogP contribution >= 0.6 is 45.2 Å². The van der Waals surface area contributed by atoms with Crippen LogP contribution in [0.2, 0.25) is 0 Å². The van der Waals surface area contributed by atoms with Crippen LogP contribution in [-0.4, -0.2) is 24.7 Å². The third-order valence-corrected chi connectivity index (χ3v) is 3.26. The van der Waals surface area contributed by atoms with Gasteiger partial charge in [-0.2, -0.15) is 0 Å². The van der Waals surface area contributed by atoms with E-state index in [1.807, 2.05) is 6.92 Å². The fourth-order valence-corrected chi connectivity index (χ4v) is 2.49. The lowest BCUT2D eigenvalue weighted by molar-refractivity contribution is -0.147. The molecule has 0 N–H and O–H groups in total. The highest BCUT2D eigenvalue weighted by Crippen LogP contribution is 2.39. The fourth-order valence-electron chi connectivity index (χ4n) is 1.19. The lowest BCUT2D eigenvalue weighted by Gasteiger charge is -2.31. The third-order valence-electron chi connectivity index (χ3n) is 1.74. The fraction of sp³-hybridized carbons (Fsp3) is 0.714. The van der Waals surface area contributed by atoms with E-state index in [2.05, 4.69) is 45.2 Å². The largest absolute Gasteiger partial charge is 0.283 e. The van der Waals surface area contributed by atoms with Crippen molar-refractivity contribution < 1.29 is 9.59 Å². The van der Waals surface area contributed by atoms with Gasteiger partial charge < -0.3 is 0 Å². The van der Waals surface area contributed by atoms with Crippen LogP contribution in [0.4, 0.5) is 0 Å². The summed E-state index contributed by atoms with van der Waals surface area (Å²) in [5.41, 5.74) is 0. The van der Waals surface area contributed by atoms with Crippen LogP contribution in [0.1, 0.15) is 19.8 Å². The highest BCUT2D eigenvalue weighted by Gasteiger charge is 2.39. The lowest BCUT2D eigenvalue weighted by atomic mass is 10.1. The highest BCUT2D eigenvalue weighted by atomic mass is 127. The highest BCUT2D eigenvalue weighted by molar-refractivity contribution is 14.2. The molecule has 1 heterocycles. The Morgan fingerprint density at radius 2 is 1.75 bits per heavy atom. The summed E-state index contributed by atoms with van der Waals surface area (Å²) in [7, 11) is 0. The number of nitrogens with zero attached hydrogens (tertiary/aromatic N) is 1. The maximum absolute atomic E-state index is 11.3. The number of likely N-dealkylation sites (tertiary alicyclic amines) is 1. The second-order valence-electron chi connectivity index (χ2n) is 2.74. The molecule has 5 heteroatoms. The van der Waals surface area contributed by atoms with Gasteiger partial charge in [-0.1, -0.05) is 45.2 Å². The Labute approximate surface area is 98.5 Å². The SMILES string of the molecule is CCN1C(=O)CC(I)(I)CC1=O. The second-order valence-corrected chi connectivity index (χ2v) is 8.94. The topological polar surface area (TPSA) is 37.4 Å². The number of carbonyl (C=O) groups is 2. The van der Waals surface area contributed by atoms with E-state index >= 15 is 0 Å². The van der Waals surface area contributed by atoms with Crippen LogP contribution in [0.15, 0.2) is 0 Å². The molecule has 12 heavy (non-hydrogen) atoms. The smallest absolute Gasteiger partial charge is 0.231 e. The van der Waals surface area contributed by atoms with E-state index in [4.69, 9.17) is 0 Å². The summed E-state index contributed by atoms with van der Waals surface area (Å²) in [6.07, 6.45) is 0.932. The average molecular weight is 393 g/mol. The molecule has 1 fully saturated rings. The second kappa shape index (κ2) is 3.77. The Kier molecular flexibility index (Phi) is 3.35. The minimum atomic E-state index is -0.199. The van der Waals surface area contributed by atoms with Gasteiger partial charge in [0.1, 0.15) is 0 Å². The zero-order valence-electron chi connectivity index (χ0n) is 6.64. The predicted octanol–water partition coefficient (Wildman–Crippen LogP) is 1.72. The van der Waals surface area contributed by atoms with E-state index in [0.29, 0.717) is 19.4 Å². The molecule has 0 unspecified atom stereocenters. The summed E-state index contributed by atoms with van der Waals surface area (Å²) in [5, 5.41) is 0. The van der Waals surface area contributed by atoms with Gasteiger partial charge in [0.15, 0.2) is 0 Å². The Hall–Kier alpha value is 0.600. The lowest BCUT2D eigenvalue weighted by Crippen LogP contribution is -2.46. The summed E-state index contributed by atoms with van der Waals surface area (Å²) in [6, 6.07) is 0. The van der Waals surface area contributed by atoms with Gasteiger partial charge in [0.25, 0.3) is 0 Å². The molecule has 68 valence electrons. The van der Waals surface area contributed by atoms with Crippen molar-refractivity contribution in [1.82, 2.24) is 4.90 Å². The molecule has 0 bridgehead atoms. The molecular weight excluding hydrogens is 384 g/mol. The normalized spacial score (nSPS) is 23.1. The first kappa shape index (κ1) is 10.7. The van der Waals surface area contributed by atoms with Crippen LogP contribution in [0.3, 0.4) is 0 Å². The van der Waals surface area contributed by atoms with Gasteiger partial charge in [-0.15, -0.1) is 0 Å². The number of piperidine rings is 1. The summed E-state index contributed by atoms with van der Waals surface area (Å²) in [5.74, 6) is -0.0879. The van der Waals surface area contributed by atoms with Gasteiger partial charge in [0, 0.05) is 6.54 Å². The van der Waals surface area contributed by atoms with Crippen molar-refractivity contribution in [2.45, 2.75) is 21.2 Å². The maximum Gasteiger partial charge on any atom is 0.231 e. The molecule has 0 aromatic carbocycles. The van der Waals surface area contributed by atoms with Gasteiger partial charge in [0.2, 0.25) is 11.8 Å². The molecule has 0 saturated carbocycles. The van der Waals surface area contributed by atoms with Crippen LogP contribution in [0.25, 0.3) is 0 Å². The van der Waals surface area contributed by atoms with E-state index in [0.717, 1.165) is 0 Å². The van der Waals surface area contributed by atoms with Crippen molar-refractivity contribution in [2.24, 2.45) is 0 Å². The molecule has 0 aromatic heterocycles. The van der Waals surface area contributed by atoms with Crippen molar-refractivity contribution in [1.29, 1.82) is 0 Å². The Balaban J connectivity index is 2.77. The molecule has 0 spiro atoms. The van der Waals surface area contributed by atoms with Crippen molar-refractivity contribution >= 4 is 57.0 Å². The molecular formula is C7H9I2NO2. The van der Waals surface area contributed by atoms with Crippen LogP contribution in [0.5, 0.6) is 0 Å². The number of halogens is 2. The van der Waals surface area contributed by atoms with Crippen LogP contribution in [-0.2, 0) is 9.59 Å². The zero-order valence-corrected chi connectivity index (χ0v) is 11.0. The maximum atomic E-state index is 11.3. The Morgan fingerprint density at radius 1 is 1.33 bits per heavy atom. The van der Waals surface area contributed by atoms with Crippen molar-refractivity contribution in [3.63, 3.8) is 0 Å². The third kappa shape index (κ3) is 2.30. The molecule has 3 nitrogen and oxygen atoms in total. The standard InChI is InChI=1S/C7H9I2NO2/c1-2-10-5(11)3-7(8,9)4-6(10)12/h2-4H2,1H3. The Bertz CT molecular complexity index is 207. The predicted molar refractivity (Wildman–Crippen MR) is 62.4 cm³/mol. The van der Waals surface area contributed by atoms with Crippen molar-refractivity contribution in [3.05, 3.63) is 0 Å². The molecule has 1 saturated heterocycles. The summed E-state index contributed by atoms with van der Waals surface area (Å²) >= 11 is 4.33. The average Bonchev–Trinajstić information content (AvgIpc) is 1.82. The molecule has 0 atom stereocenters. The number of carbonyl (C=O) groups excluding carboxylic acids is 2. The van der Waals surface area contributed by atoms with E-state index < -0.39 is 0 Å². The van der Waals surface area contributed by atoms with Crippen LogP contribution < -0.4 is 0 Å². The number of amides is 2. The van der Waals surface area contributed by atoms with Gasteiger partial charge in [-0.3, -0.25) is 14.5 Å². The minimum absolute atomic E-state index is 0.0439. The first-order chi connectivity index (χ1) is 5.46. The molecule has 1 aliphatic heterocycles. The number of hydrogen-bond donors (Lipinski definition) is 0. The quantitative estimate of drug-likeness (QED) is 0.387. The molecule has 0 radical (unpaired) electrons. The van der Waals surface area contributed by atoms with Gasteiger partial charge in [0.05, 0.1) is 14.3 Å². The van der Waals surface area contributed by atoms with E-state index in [9.17, 15) is 9.59 Å². The minimum Gasteiger partial charge on any atom is -0.283 e. The van der Waals surface area contributed by atoms with Gasteiger partial charge in [-0.05, 0) is 6.92 Å². The molecule has 2 amide bonds. The zero-order chi connectivity index (χ0) is 9.35. The van der Waals surface area contributed by atoms with E-state index in [-0.39, 0.29) is 13.2 Å². The molecule has 1 rings (SSSR count). The number of imide groups is 1. The number of rotatable bonds is 1. The number of alkyl halides is 2. The molecule has 1 aliphatic rings. The summed E-state index contributed by atoms with van der Waals surface area (Å²) in [6.45, 7) is 2.32. The monoisotopic (exact) mass is 393 g/mol. The van der Waals surface area contributed by atoms with E-state index in [1.165, 1.54) is 4.90 Å². The Morgan fingerprint density at radius 3 is 2.08 bits per heavy atom. The van der Waals surface area contributed by atoms with Gasteiger partial charge >= 0.3 is 0 Å². The first-order valence-electron chi connectivity index (χ1n) is 3.67. The van der Waals surface area contributed by atoms with Gasteiger partial charge in [-0.25, -0.2) is 0 Å². The van der Waals surface area contributed by atoms with Crippen molar-refractivity contribution in [3.8, 4) is 0 Å². The van der Waals surface area contributed by atoms with Crippen LogP contribution in [0, 0.1) is 0 Å². The summed E-state index contributed by atoms with van der Waals surface area (Å²) < 4.78 is -0.199. The summed E-state index contributed by atoms with van der Waals surface area (Å²) in [4.78, 5) is 24.0. The van der Waals surface area contributed by atoms with E-state index in [1.54, 1.807) is 0 Å². The first-order valence-corrected chi connectivity index (χ1v) is 5.83. The molecule has 0 aliphatic carbocycles.